The highest BCUT2D eigenvalue weighted by Gasteiger charge is 2.22. The van der Waals surface area contributed by atoms with Crippen LogP contribution >= 0.6 is 7.60 Å². The summed E-state index contributed by atoms with van der Waals surface area (Å²) < 4.78 is 51.6. The number of rotatable bonds is 8. The molecule has 0 saturated carbocycles. The maximum absolute atomic E-state index is 11.7. The molecule has 0 amide bonds. The van der Waals surface area contributed by atoms with E-state index in [2.05, 4.69) is 11.8 Å². The summed E-state index contributed by atoms with van der Waals surface area (Å²) in [6, 6.07) is 0. The van der Waals surface area contributed by atoms with Gasteiger partial charge in [-0.15, -0.1) is 5.92 Å². The molecule has 0 aromatic carbocycles. The Labute approximate surface area is 108 Å². The van der Waals surface area contributed by atoms with Crippen LogP contribution in [0.25, 0.3) is 0 Å². The van der Waals surface area contributed by atoms with Crippen LogP contribution in [-0.2, 0) is 23.7 Å². The van der Waals surface area contributed by atoms with E-state index in [9.17, 15) is 13.0 Å². The molecule has 18 heavy (non-hydrogen) atoms. The molecular weight excluding hydrogens is 279 g/mol. The van der Waals surface area contributed by atoms with Gasteiger partial charge in [-0.1, -0.05) is 5.92 Å². The molecule has 0 saturated heterocycles. The topological polar surface area (TPSA) is 89.9 Å². The molecule has 1 unspecified atom stereocenters. The van der Waals surface area contributed by atoms with E-state index in [1.807, 2.05) is 0 Å². The van der Waals surface area contributed by atoms with Crippen LogP contribution in [0.5, 0.6) is 0 Å². The Morgan fingerprint density at radius 1 is 1.33 bits per heavy atom. The van der Waals surface area contributed by atoms with E-state index in [0.29, 0.717) is 12.8 Å². The Balaban J connectivity index is 4.37. The Bertz CT molecular complexity index is 439. The quantitative estimate of drug-likeness (QED) is 0.417. The molecule has 1 atom stereocenters. The average Bonchev–Trinajstić information content (AvgIpc) is 2.27. The first kappa shape index (κ1) is 17.6. The van der Waals surface area contributed by atoms with Gasteiger partial charge in [-0.05, 0) is 19.8 Å². The third-order valence-corrected chi connectivity index (χ3v) is 5.10. The van der Waals surface area contributed by atoms with Gasteiger partial charge in [0.1, 0.15) is 0 Å². The molecular formula is C10H19O6PS. The van der Waals surface area contributed by atoms with Gasteiger partial charge >= 0.3 is 7.60 Å². The van der Waals surface area contributed by atoms with Gasteiger partial charge in [0.15, 0.2) is 0 Å². The van der Waals surface area contributed by atoms with Crippen molar-refractivity contribution in [1.82, 2.24) is 0 Å². The van der Waals surface area contributed by atoms with Crippen molar-refractivity contribution < 1.29 is 26.6 Å². The first-order valence-electron chi connectivity index (χ1n) is 5.34. The molecule has 1 N–H and O–H groups in total. The van der Waals surface area contributed by atoms with Crippen LogP contribution in [0.2, 0.25) is 0 Å². The minimum Gasteiger partial charge on any atom is -0.312 e. The van der Waals surface area contributed by atoms with E-state index in [-0.39, 0.29) is 6.16 Å². The normalized spacial score (nSPS) is 13.8. The molecule has 0 aromatic heterocycles. The zero-order valence-corrected chi connectivity index (χ0v) is 12.5. The van der Waals surface area contributed by atoms with Gasteiger partial charge in [0.05, 0.1) is 11.9 Å². The van der Waals surface area contributed by atoms with Crippen LogP contribution in [-0.4, -0.2) is 39.1 Å². The minimum atomic E-state index is -4.06. The van der Waals surface area contributed by atoms with Gasteiger partial charge < -0.3 is 9.05 Å². The highest BCUT2D eigenvalue weighted by molar-refractivity contribution is 7.85. The minimum absolute atomic E-state index is 0.188. The smallest absolute Gasteiger partial charge is 0.312 e. The zero-order chi connectivity index (χ0) is 14.2. The predicted octanol–water partition coefficient (Wildman–Crippen LogP) is 1.78. The second-order valence-electron chi connectivity index (χ2n) is 3.68. The van der Waals surface area contributed by atoms with Crippen molar-refractivity contribution in [2.75, 3.05) is 26.1 Å². The van der Waals surface area contributed by atoms with Crippen molar-refractivity contribution in [1.29, 1.82) is 0 Å². The standard InChI is InChI=1S/C10H19O6PS/c1-4-6-10(9-18(12,13)14)7-5-8-17(11,15-2)16-3/h10H,5,7-9H2,1-3H3,(H,12,13,14). The molecule has 0 aromatic rings. The number of hydrogen-bond acceptors (Lipinski definition) is 5. The lowest BCUT2D eigenvalue weighted by molar-refractivity contribution is 0.274. The Morgan fingerprint density at radius 3 is 2.28 bits per heavy atom. The third-order valence-electron chi connectivity index (χ3n) is 2.30. The molecule has 0 heterocycles. The molecule has 0 rings (SSSR count). The molecule has 0 fully saturated rings. The van der Waals surface area contributed by atoms with Crippen LogP contribution in [0.3, 0.4) is 0 Å². The summed E-state index contributed by atoms with van der Waals surface area (Å²) in [4.78, 5) is 0. The molecule has 0 bridgehead atoms. The van der Waals surface area contributed by atoms with Gasteiger partial charge in [-0.3, -0.25) is 9.12 Å². The first-order valence-corrected chi connectivity index (χ1v) is 8.68. The Morgan fingerprint density at radius 2 is 1.89 bits per heavy atom. The summed E-state index contributed by atoms with van der Waals surface area (Å²) in [6.07, 6.45) is 1.03. The van der Waals surface area contributed by atoms with Crippen molar-refractivity contribution in [3.63, 3.8) is 0 Å². The van der Waals surface area contributed by atoms with Crippen molar-refractivity contribution in [3.8, 4) is 11.8 Å². The highest BCUT2D eigenvalue weighted by atomic mass is 32.2. The molecule has 0 radical (unpaired) electrons. The van der Waals surface area contributed by atoms with Gasteiger partial charge in [-0.25, -0.2) is 0 Å². The second-order valence-corrected chi connectivity index (χ2v) is 7.58. The Hall–Kier alpha value is -0.380. The first-order chi connectivity index (χ1) is 8.26. The van der Waals surface area contributed by atoms with Gasteiger partial charge in [-0.2, -0.15) is 8.42 Å². The molecule has 6 nitrogen and oxygen atoms in total. The fourth-order valence-corrected chi connectivity index (χ4v) is 3.29. The van der Waals surface area contributed by atoms with Crippen molar-refractivity contribution in [2.24, 2.45) is 5.92 Å². The molecule has 0 spiro atoms. The van der Waals surface area contributed by atoms with Crippen LogP contribution in [0.1, 0.15) is 19.8 Å². The lowest BCUT2D eigenvalue weighted by atomic mass is 10.1. The largest absolute Gasteiger partial charge is 0.330 e. The second kappa shape index (κ2) is 7.93. The summed E-state index contributed by atoms with van der Waals surface area (Å²) in [5.41, 5.74) is 0. The average molecular weight is 298 g/mol. The van der Waals surface area contributed by atoms with E-state index in [0.717, 1.165) is 0 Å². The van der Waals surface area contributed by atoms with E-state index in [1.54, 1.807) is 6.92 Å². The molecule has 8 heteroatoms. The summed E-state index contributed by atoms with van der Waals surface area (Å²) >= 11 is 0. The maximum atomic E-state index is 11.7. The van der Waals surface area contributed by atoms with Crippen LogP contribution < -0.4 is 0 Å². The molecule has 0 aliphatic rings. The molecule has 106 valence electrons. The van der Waals surface area contributed by atoms with Crippen LogP contribution in [0.15, 0.2) is 0 Å². The van der Waals surface area contributed by atoms with Crippen LogP contribution in [0.4, 0.5) is 0 Å². The lowest BCUT2D eigenvalue weighted by Gasteiger charge is -2.14. The van der Waals surface area contributed by atoms with E-state index >= 15 is 0 Å². The summed E-state index contributed by atoms with van der Waals surface area (Å²) in [7, 11) is -4.53. The number of hydrogen-bond donors (Lipinski definition) is 1. The SMILES string of the molecule is CC#CC(CCCP(=O)(OC)OC)CS(=O)(=O)O. The van der Waals surface area contributed by atoms with E-state index < -0.39 is 29.4 Å². The van der Waals surface area contributed by atoms with Crippen LogP contribution in [0, 0.1) is 17.8 Å². The van der Waals surface area contributed by atoms with Crippen molar-refractivity contribution in [2.45, 2.75) is 19.8 Å². The highest BCUT2D eigenvalue weighted by Crippen LogP contribution is 2.47. The van der Waals surface area contributed by atoms with E-state index in [4.69, 9.17) is 13.6 Å². The lowest BCUT2D eigenvalue weighted by Crippen LogP contribution is -2.14. The van der Waals surface area contributed by atoms with Gasteiger partial charge in [0.2, 0.25) is 0 Å². The monoisotopic (exact) mass is 298 g/mol. The summed E-state index contributed by atoms with van der Waals surface area (Å²) in [6.45, 7) is 1.59. The van der Waals surface area contributed by atoms with Gasteiger partial charge in [0.25, 0.3) is 10.1 Å². The fourth-order valence-electron chi connectivity index (χ4n) is 1.44. The zero-order valence-electron chi connectivity index (χ0n) is 10.7. The van der Waals surface area contributed by atoms with Crippen molar-refractivity contribution in [3.05, 3.63) is 0 Å². The summed E-state index contributed by atoms with van der Waals surface area (Å²) in [5, 5.41) is 0. The summed E-state index contributed by atoms with van der Waals surface area (Å²) in [5.74, 6) is 4.41. The van der Waals surface area contributed by atoms with Gasteiger partial charge in [0, 0.05) is 20.1 Å². The third kappa shape index (κ3) is 7.85. The predicted molar refractivity (Wildman–Crippen MR) is 69.1 cm³/mol. The molecule has 0 aliphatic carbocycles. The Kier molecular flexibility index (Phi) is 7.76. The fraction of sp³-hybridized carbons (Fsp3) is 0.800. The molecule has 0 aliphatic heterocycles. The maximum Gasteiger partial charge on any atom is 0.330 e. The van der Waals surface area contributed by atoms with Crippen molar-refractivity contribution >= 4 is 17.7 Å². The van der Waals surface area contributed by atoms with E-state index in [1.165, 1.54) is 14.2 Å².